The first-order valence-corrected chi connectivity index (χ1v) is 8.34. The van der Waals surface area contributed by atoms with E-state index in [4.69, 9.17) is 26.2 Å². The van der Waals surface area contributed by atoms with E-state index in [9.17, 15) is 9.59 Å². The molecule has 0 aromatic heterocycles. The number of nitrogens with two attached hydrogens (primary N) is 2. The topological polar surface area (TPSA) is 138 Å². The van der Waals surface area contributed by atoms with Crippen LogP contribution in [-0.2, 0) is 14.3 Å². The van der Waals surface area contributed by atoms with Crippen molar-refractivity contribution in [1.82, 2.24) is 0 Å². The zero-order valence-corrected chi connectivity index (χ0v) is 15.0. The Bertz CT molecular complexity index is 881. The predicted octanol–water partition coefficient (Wildman–Crippen LogP) is 2.65. The van der Waals surface area contributed by atoms with Crippen LogP contribution < -0.4 is 20.9 Å². The smallest absolute Gasteiger partial charge is 0.330 e. The molecule has 0 saturated carbocycles. The first kappa shape index (κ1) is 20.3. The molecule has 8 heteroatoms. The van der Waals surface area contributed by atoms with E-state index < -0.39 is 11.9 Å². The number of ether oxygens (including phenoxy) is 3. The molecule has 0 heterocycles. The highest BCUT2D eigenvalue weighted by molar-refractivity contribution is 5.87. The summed E-state index contributed by atoms with van der Waals surface area (Å²) in [7, 11) is 0. The molecule has 0 spiro atoms. The van der Waals surface area contributed by atoms with Gasteiger partial charge in [0.15, 0.2) is 0 Å². The van der Waals surface area contributed by atoms with Gasteiger partial charge in [0.2, 0.25) is 0 Å². The first-order chi connectivity index (χ1) is 13.5. The van der Waals surface area contributed by atoms with E-state index in [0.29, 0.717) is 23.5 Å². The standard InChI is InChI=1S/C20H19N3O5/c21-13-27-17-6-3-14(4-7-17)5-8-19(24)26-9-1-2-20(25)28-18-11-15(22)10-16(23)12-18/h3-8,10-12H,1-2,9,22-23H2/b8-5+. The number of hydrogen-bond donors (Lipinski definition) is 2. The third-order valence-electron chi connectivity index (χ3n) is 3.41. The second-order valence-electron chi connectivity index (χ2n) is 5.68. The van der Waals surface area contributed by atoms with Crippen LogP contribution in [0.5, 0.6) is 11.5 Å². The van der Waals surface area contributed by atoms with Crippen molar-refractivity contribution in [3.63, 3.8) is 0 Å². The highest BCUT2D eigenvalue weighted by Crippen LogP contribution is 2.20. The van der Waals surface area contributed by atoms with Gasteiger partial charge in [-0.3, -0.25) is 4.79 Å². The van der Waals surface area contributed by atoms with Crippen molar-refractivity contribution in [3.05, 3.63) is 54.1 Å². The number of carbonyl (C=O) groups excluding carboxylic acids is 2. The summed E-state index contributed by atoms with van der Waals surface area (Å²) < 4.78 is 14.8. The Morgan fingerprint density at radius 1 is 1.04 bits per heavy atom. The highest BCUT2D eigenvalue weighted by atomic mass is 16.5. The molecule has 0 fully saturated rings. The fraction of sp³-hybridized carbons (Fsp3) is 0.150. The molecule has 0 saturated heterocycles. The third kappa shape index (κ3) is 7.09. The van der Waals surface area contributed by atoms with E-state index in [2.05, 4.69) is 4.74 Å². The maximum absolute atomic E-state index is 11.8. The lowest BCUT2D eigenvalue weighted by Gasteiger charge is -2.06. The Hall–Kier alpha value is -3.99. The van der Waals surface area contributed by atoms with Crippen molar-refractivity contribution in [2.24, 2.45) is 0 Å². The van der Waals surface area contributed by atoms with Gasteiger partial charge < -0.3 is 25.7 Å². The van der Waals surface area contributed by atoms with Crippen LogP contribution in [0.1, 0.15) is 18.4 Å². The van der Waals surface area contributed by atoms with E-state index in [1.54, 1.807) is 42.7 Å². The Morgan fingerprint density at radius 3 is 2.36 bits per heavy atom. The van der Waals surface area contributed by atoms with Crippen molar-refractivity contribution >= 4 is 29.4 Å². The minimum atomic E-state index is -0.533. The number of benzene rings is 2. The first-order valence-electron chi connectivity index (χ1n) is 8.34. The second kappa shape index (κ2) is 10.2. The summed E-state index contributed by atoms with van der Waals surface area (Å²) in [6.07, 6.45) is 4.80. The highest BCUT2D eigenvalue weighted by Gasteiger charge is 2.07. The molecule has 2 rings (SSSR count). The quantitative estimate of drug-likeness (QED) is 0.178. The summed E-state index contributed by atoms with van der Waals surface area (Å²) in [5.41, 5.74) is 12.8. The molecule has 2 aromatic carbocycles. The van der Waals surface area contributed by atoms with E-state index in [1.165, 1.54) is 18.2 Å². The van der Waals surface area contributed by atoms with Crippen molar-refractivity contribution < 1.29 is 23.8 Å². The van der Waals surface area contributed by atoms with Crippen LogP contribution >= 0.6 is 0 Å². The number of carbonyl (C=O) groups is 2. The lowest BCUT2D eigenvalue weighted by molar-refractivity contribution is -0.140. The van der Waals surface area contributed by atoms with Gasteiger partial charge in [0.05, 0.1) is 6.61 Å². The SMILES string of the molecule is N#COc1ccc(/C=C/C(=O)OCCCC(=O)Oc2cc(N)cc(N)c2)cc1. The van der Waals surface area contributed by atoms with Crippen molar-refractivity contribution in [2.75, 3.05) is 18.1 Å². The summed E-state index contributed by atoms with van der Waals surface area (Å²) in [6, 6.07) is 11.1. The summed E-state index contributed by atoms with van der Waals surface area (Å²) >= 11 is 0. The van der Waals surface area contributed by atoms with Gasteiger partial charge in [-0.1, -0.05) is 12.1 Å². The Labute approximate surface area is 161 Å². The number of nitrogen functional groups attached to an aromatic ring is 2. The molecule has 0 radical (unpaired) electrons. The van der Waals surface area contributed by atoms with E-state index in [1.807, 2.05) is 0 Å². The van der Waals surface area contributed by atoms with E-state index in [-0.39, 0.29) is 18.8 Å². The van der Waals surface area contributed by atoms with Crippen LogP contribution in [0.3, 0.4) is 0 Å². The van der Waals surface area contributed by atoms with Gasteiger partial charge >= 0.3 is 11.9 Å². The normalized spacial score (nSPS) is 10.2. The zero-order valence-electron chi connectivity index (χ0n) is 15.0. The lowest BCUT2D eigenvalue weighted by atomic mass is 10.2. The van der Waals surface area contributed by atoms with Crippen LogP contribution in [-0.4, -0.2) is 18.5 Å². The van der Waals surface area contributed by atoms with Crippen molar-refractivity contribution in [1.29, 1.82) is 5.26 Å². The molecule has 4 N–H and O–H groups in total. The third-order valence-corrected chi connectivity index (χ3v) is 3.41. The molecule has 0 aliphatic heterocycles. The van der Waals surface area contributed by atoms with Gasteiger partial charge in [-0.05, 0) is 36.3 Å². The molecule has 0 unspecified atom stereocenters. The second-order valence-corrected chi connectivity index (χ2v) is 5.68. The van der Waals surface area contributed by atoms with Gasteiger partial charge in [0, 0.05) is 36.0 Å². The fourth-order valence-corrected chi connectivity index (χ4v) is 2.19. The maximum Gasteiger partial charge on any atom is 0.330 e. The van der Waals surface area contributed by atoms with Crippen LogP contribution in [0.4, 0.5) is 11.4 Å². The number of nitriles is 1. The number of anilines is 2. The molecule has 0 atom stereocenters. The van der Waals surface area contributed by atoms with Crippen molar-refractivity contribution in [2.45, 2.75) is 12.8 Å². The maximum atomic E-state index is 11.8. The summed E-state index contributed by atoms with van der Waals surface area (Å²) in [5, 5.41) is 8.41. The van der Waals surface area contributed by atoms with Crippen molar-refractivity contribution in [3.8, 4) is 17.8 Å². The van der Waals surface area contributed by atoms with Crippen LogP contribution in [0.15, 0.2) is 48.5 Å². The number of hydrogen-bond acceptors (Lipinski definition) is 8. The average Bonchev–Trinajstić information content (AvgIpc) is 2.64. The molecule has 2 aromatic rings. The van der Waals surface area contributed by atoms with E-state index >= 15 is 0 Å². The molecular formula is C20H19N3O5. The molecule has 0 aliphatic rings. The lowest BCUT2D eigenvalue weighted by Crippen LogP contribution is -2.10. The Balaban J connectivity index is 1.68. The Morgan fingerprint density at radius 2 is 1.71 bits per heavy atom. The monoisotopic (exact) mass is 381 g/mol. The largest absolute Gasteiger partial charge is 0.463 e. The van der Waals surface area contributed by atoms with E-state index in [0.717, 1.165) is 5.56 Å². The van der Waals surface area contributed by atoms with Gasteiger partial charge in [0.25, 0.3) is 6.26 Å². The molecule has 0 bridgehead atoms. The molecular weight excluding hydrogens is 362 g/mol. The summed E-state index contributed by atoms with van der Waals surface area (Å²) in [6.45, 7) is 0.0757. The van der Waals surface area contributed by atoms with Gasteiger partial charge in [-0.15, -0.1) is 5.26 Å². The minimum Gasteiger partial charge on any atom is -0.463 e. The van der Waals surface area contributed by atoms with Crippen LogP contribution in [0, 0.1) is 11.5 Å². The van der Waals surface area contributed by atoms with Gasteiger partial charge in [-0.25, -0.2) is 4.79 Å². The average molecular weight is 381 g/mol. The molecule has 0 aliphatic carbocycles. The number of rotatable bonds is 8. The Kier molecular flexibility index (Phi) is 7.43. The molecule has 28 heavy (non-hydrogen) atoms. The number of nitrogens with zero attached hydrogens (tertiary/aromatic N) is 1. The predicted molar refractivity (Wildman–Crippen MR) is 103 cm³/mol. The zero-order chi connectivity index (χ0) is 20.4. The molecule has 0 amide bonds. The fourth-order valence-electron chi connectivity index (χ4n) is 2.19. The molecule has 144 valence electrons. The summed E-state index contributed by atoms with van der Waals surface area (Å²) in [4.78, 5) is 23.5. The summed E-state index contributed by atoms with van der Waals surface area (Å²) in [5.74, 6) is -0.325. The number of esters is 2. The molecule has 8 nitrogen and oxygen atoms in total. The van der Waals surface area contributed by atoms with Gasteiger partial charge in [-0.2, -0.15) is 0 Å². The minimum absolute atomic E-state index is 0.0754. The van der Waals surface area contributed by atoms with Crippen LogP contribution in [0.2, 0.25) is 0 Å². The van der Waals surface area contributed by atoms with Crippen LogP contribution in [0.25, 0.3) is 6.08 Å². The van der Waals surface area contributed by atoms with Gasteiger partial charge in [0.1, 0.15) is 11.5 Å².